The van der Waals surface area contributed by atoms with E-state index in [1.807, 2.05) is 0 Å². The second kappa shape index (κ2) is 3.49. The van der Waals surface area contributed by atoms with Crippen LogP contribution >= 0.6 is 0 Å². The third-order valence-corrected chi connectivity index (χ3v) is 2.96. The summed E-state index contributed by atoms with van der Waals surface area (Å²) < 4.78 is 22.4. The van der Waals surface area contributed by atoms with E-state index in [4.69, 9.17) is 0 Å². The van der Waals surface area contributed by atoms with Gasteiger partial charge in [-0.2, -0.15) is 0 Å². The molecule has 0 bridgehead atoms. The standard InChI is InChI=1S/C8H8O3S/c9-6-7-12(10,11)8-4-2-1-3-5-8/h1-6H,7H2. The van der Waals surface area contributed by atoms with Crippen LogP contribution < -0.4 is 0 Å². The molecule has 0 radical (unpaired) electrons. The van der Waals surface area contributed by atoms with Gasteiger partial charge in [-0.05, 0) is 12.1 Å². The largest absolute Gasteiger partial charge is 0.302 e. The van der Waals surface area contributed by atoms with Crippen LogP contribution in [0.3, 0.4) is 0 Å². The Morgan fingerprint density at radius 2 is 1.75 bits per heavy atom. The van der Waals surface area contributed by atoms with E-state index < -0.39 is 15.6 Å². The molecule has 64 valence electrons. The van der Waals surface area contributed by atoms with Gasteiger partial charge < -0.3 is 4.79 Å². The maximum Gasteiger partial charge on any atom is 0.185 e. The van der Waals surface area contributed by atoms with Gasteiger partial charge in [-0.1, -0.05) is 18.2 Å². The fourth-order valence-corrected chi connectivity index (χ4v) is 1.76. The number of benzene rings is 1. The van der Waals surface area contributed by atoms with E-state index >= 15 is 0 Å². The Balaban J connectivity index is 3.07. The highest BCUT2D eigenvalue weighted by molar-refractivity contribution is 7.92. The molecule has 12 heavy (non-hydrogen) atoms. The zero-order chi connectivity index (χ0) is 9.03. The van der Waals surface area contributed by atoms with Gasteiger partial charge in [0.2, 0.25) is 0 Å². The van der Waals surface area contributed by atoms with Gasteiger partial charge in [-0.25, -0.2) is 8.42 Å². The van der Waals surface area contributed by atoms with Crippen molar-refractivity contribution in [2.75, 3.05) is 5.75 Å². The molecule has 0 spiro atoms. The molecule has 0 fully saturated rings. The smallest absolute Gasteiger partial charge is 0.185 e. The van der Waals surface area contributed by atoms with Crippen LogP contribution in [0.2, 0.25) is 0 Å². The molecule has 0 aliphatic carbocycles. The lowest BCUT2D eigenvalue weighted by molar-refractivity contribution is -0.105. The van der Waals surface area contributed by atoms with Crippen molar-refractivity contribution in [3.05, 3.63) is 30.3 Å². The van der Waals surface area contributed by atoms with Crippen molar-refractivity contribution in [2.45, 2.75) is 4.90 Å². The van der Waals surface area contributed by atoms with E-state index in [0.29, 0.717) is 6.29 Å². The summed E-state index contributed by atoms with van der Waals surface area (Å²) in [7, 11) is -3.38. The average molecular weight is 184 g/mol. The van der Waals surface area contributed by atoms with Gasteiger partial charge in [-0.15, -0.1) is 0 Å². The minimum atomic E-state index is -3.38. The van der Waals surface area contributed by atoms with Crippen molar-refractivity contribution in [3.63, 3.8) is 0 Å². The summed E-state index contributed by atoms with van der Waals surface area (Å²) in [5, 5.41) is 0. The number of carbonyl (C=O) groups is 1. The van der Waals surface area contributed by atoms with E-state index in [0.717, 1.165) is 0 Å². The van der Waals surface area contributed by atoms with Crippen molar-refractivity contribution in [2.24, 2.45) is 0 Å². The van der Waals surface area contributed by atoms with Crippen LogP contribution in [-0.2, 0) is 14.6 Å². The first-order valence-corrected chi connectivity index (χ1v) is 5.03. The zero-order valence-corrected chi connectivity index (χ0v) is 7.12. The summed E-state index contributed by atoms with van der Waals surface area (Å²) in [5.74, 6) is -0.447. The van der Waals surface area contributed by atoms with Gasteiger partial charge in [-0.3, -0.25) is 0 Å². The second-order valence-corrected chi connectivity index (χ2v) is 4.30. The van der Waals surface area contributed by atoms with Crippen molar-refractivity contribution in [3.8, 4) is 0 Å². The normalized spacial score (nSPS) is 11.0. The first kappa shape index (κ1) is 8.93. The number of rotatable bonds is 3. The molecular weight excluding hydrogens is 176 g/mol. The molecule has 0 N–H and O–H groups in total. The van der Waals surface area contributed by atoms with Gasteiger partial charge in [0.15, 0.2) is 9.84 Å². The van der Waals surface area contributed by atoms with E-state index in [1.165, 1.54) is 12.1 Å². The predicted octanol–water partition coefficient (Wildman–Crippen LogP) is 0.659. The number of hydrogen-bond donors (Lipinski definition) is 0. The Bertz CT molecular complexity index is 353. The Morgan fingerprint density at radius 1 is 1.17 bits per heavy atom. The molecule has 0 aliphatic heterocycles. The fourth-order valence-electron chi connectivity index (χ4n) is 0.814. The van der Waals surface area contributed by atoms with E-state index in [9.17, 15) is 13.2 Å². The van der Waals surface area contributed by atoms with Crippen molar-refractivity contribution < 1.29 is 13.2 Å². The van der Waals surface area contributed by atoms with Crippen LogP contribution in [0.25, 0.3) is 0 Å². The first-order valence-electron chi connectivity index (χ1n) is 3.38. The first-order chi connectivity index (χ1) is 5.67. The van der Waals surface area contributed by atoms with Crippen LogP contribution in [0.15, 0.2) is 35.2 Å². The minimum absolute atomic E-state index is 0.192. The maximum absolute atomic E-state index is 11.2. The molecule has 0 saturated heterocycles. The van der Waals surface area contributed by atoms with Crippen LogP contribution in [0, 0.1) is 0 Å². The molecule has 0 aliphatic rings. The van der Waals surface area contributed by atoms with Crippen LogP contribution in [-0.4, -0.2) is 20.5 Å². The highest BCUT2D eigenvalue weighted by Gasteiger charge is 2.11. The van der Waals surface area contributed by atoms with Gasteiger partial charge in [0.1, 0.15) is 12.0 Å². The van der Waals surface area contributed by atoms with Gasteiger partial charge >= 0.3 is 0 Å². The molecule has 1 aromatic rings. The Hall–Kier alpha value is -1.16. The second-order valence-electron chi connectivity index (χ2n) is 2.26. The zero-order valence-electron chi connectivity index (χ0n) is 6.30. The van der Waals surface area contributed by atoms with Crippen molar-refractivity contribution in [1.29, 1.82) is 0 Å². The Labute approximate surface area is 70.9 Å². The summed E-state index contributed by atoms with van der Waals surface area (Å²) in [4.78, 5) is 10.2. The van der Waals surface area contributed by atoms with Crippen molar-refractivity contribution >= 4 is 16.1 Å². The maximum atomic E-state index is 11.2. The van der Waals surface area contributed by atoms with Gasteiger partial charge in [0.25, 0.3) is 0 Å². The molecule has 1 aromatic carbocycles. The summed E-state index contributed by atoms with van der Waals surface area (Å²) in [6.07, 6.45) is 0.391. The van der Waals surface area contributed by atoms with Crippen LogP contribution in [0.5, 0.6) is 0 Å². The molecule has 0 aromatic heterocycles. The third-order valence-electron chi connectivity index (χ3n) is 1.39. The summed E-state index contributed by atoms with van der Waals surface area (Å²) in [6.45, 7) is 0. The monoisotopic (exact) mass is 184 g/mol. The molecule has 3 nitrogen and oxygen atoms in total. The van der Waals surface area contributed by atoms with Crippen molar-refractivity contribution in [1.82, 2.24) is 0 Å². The number of carbonyl (C=O) groups excluding carboxylic acids is 1. The SMILES string of the molecule is O=CCS(=O)(=O)c1ccccc1. The number of hydrogen-bond acceptors (Lipinski definition) is 3. The lowest BCUT2D eigenvalue weighted by Crippen LogP contribution is -2.06. The average Bonchev–Trinajstić information content (AvgIpc) is 2.06. The fraction of sp³-hybridized carbons (Fsp3) is 0.125. The number of aldehydes is 1. The molecule has 0 unspecified atom stereocenters. The molecule has 0 heterocycles. The third kappa shape index (κ3) is 1.92. The van der Waals surface area contributed by atoms with Crippen LogP contribution in [0.4, 0.5) is 0 Å². The molecule has 1 rings (SSSR count). The van der Waals surface area contributed by atoms with E-state index in [-0.39, 0.29) is 4.90 Å². The summed E-state index contributed by atoms with van der Waals surface area (Å²) in [6, 6.07) is 7.91. The molecule has 4 heteroatoms. The lowest BCUT2D eigenvalue weighted by atomic mass is 10.4. The molecular formula is C8H8O3S. The summed E-state index contributed by atoms with van der Waals surface area (Å²) >= 11 is 0. The molecule has 0 saturated carbocycles. The van der Waals surface area contributed by atoms with Gasteiger partial charge in [0.05, 0.1) is 4.90 Å². The Kier molecular flexibility index (Phi) is 2.60. The van der Waals surface area contributed by atoms with Crippen LogP contribution in [0.1, 0.15) is 0 Å². The van der Waals surface area contributed by atoms with Gasteiger partial charge in [0, 0.05) is 0 Å². The minimum Gasteiger partial charge on any atom is -0.302 e. The van der Waals surface area contributed by atoms with E-state index in [2.05, 4.69) is 0 Å². The topological polar surface area (TPSA) is 51.2 Å². The quantitative estimate of drug-likeness (QED) is 0.648. The lowest BCUT2D eigenvalue weighted by Gasteiger charge is -1.97. The predicted molar refractivity (Wildman–Crippen MR) is 44.6 cm³/mol. The highest BCUT2D eigenvalue weighted by atomic mass is 32.2. The summed E-state index contributed by atoms with van der Waals surface area (Å²) in [5.41, 5.74) is 0. The molecule has 0 amide bonds. The Morgan fingerprint density at radius 3 is 2.25 bits per heavy atom. The highest BCUT2D eigenvalue weighted by Crippen LogP contribution is 2.08. The number of sulfone groups is 1. The molecule has 0 atom stereocenters. The van der Waals surface area contributed by atoms with E-state index in [1.54, 1.807) is 18.2 Å².